The van der Waals surface area contributed by atoms with Crippen molar-refractivity contribution in [1.29, 1.82) is 0 Å². The first-order valence-electron chi connectivity index (χ1n) is 4.02. The Morgan fingerprint density at radius 1 is 0.900 bits per heavy atom. The van der Waals surface area contributed by atoms with E-state index in [0.29, 0.717) is 12.2 Å². The Bertz CT molecular complexity index is 73.3. The highest BCUT2D eigenvalue weighted by Gasteiger charge is 2.09. The van der Waals surface area contributed by atoms with Gasteiger partial charge in [-0.1, -0.05) is 0 Å². The molecule has 0 spiro atoms. The van der Waals surface area contributed by atoms with E-state index in [4.69, 9.17) is 9.47 Å². The summed E-state index contributed by atoms with van der Waals surface area (Å²) >= 11 is 0. The summed E-state index contributed by atoms with van der Waals surface area (Å²) < 4.78 is 9.86. The summed E-state index contributed by atoms with van der Waals surface area (Å²) in [6, 6.07) is 0. The molecule has 0 aromatic heterocycles. The molecule has 0 aliphatic carbocycles. The largest absolute Gasteiger partial charge is 0.378 e. The normalized spacial score (nSPS) is 36.6. The second-order valence-corrected chi connectivity index (χ2v) is 2.94. The molecule has 2 aliphatic rings. The average molecular weight is 144 g/mol. The van der Waals surface area contributed by atoms with Crippen molar-refractivity contribution < 1.29 is 9.47 Å². The fraction of sp³-hybridized carbons (Fsp3) is 1.00. The first-order chi connectivity index (χ1) is 4.79. The summed E-state index contributed by atoms with van der Waals surface area (Å²) in [7, 11) is 0. The van der Waals surface area contributed by atoms with Crippen LogP contribution in [0.3, 0.4) is 0 Å². The third-order valence-electron chi connectivity index (χ3n) is 1.85. The lowest BCUT2D eigenvalue weighted by atomic mass is 10.2. The van der Waals surface area contributed by atoms with Crippen LogP contribution in [0.5, 0.6) is 0 Å². The van der Waals surface area contributed by atoms with E-state index in [1.165, 1.54) is 12.8 Å². The van der Waals surface area contributed by atoms with Crippen molar-refractivity contribution in [2.45, 2.75) is 38.9 Å². The molecule has 2 saturated heterocycles. The summed E-state index contributed by atoms with van der Waals surface area (Å²) in [6.07, 6.45) is 3.66. The molecule has 2 fully saturated rings. The van der Waals surface area contributed by atoms with Crippen LogP contribution in [-0.4, -0.2) is 25.4 Å². The van der Waals surface area contributed by atoms with E-state index in [-0.39, 0.29) is 0 Å². The standard InChI is InChI=1S/2C4H8O/c2*1-4-2-3-5-4/h2*4H,2-3H2,1H3. The molecular formula is C8H16O2. The Labute approximate surface area is 62.5 Å². The van der Waals surface area contributed by atoms with Crippen molar-refractivity contribution in [3.8, 4) is 0 Å². The molecule has 0 bridgehead atoms. The highest BCUT2D eigenvalue weighted by atomic mass is 16.5. The van der Waals surface area contributed by atoms with Gasteiger partial charge in [0.25, 0.3) is 0 Å². The third kappa shape index (κ3) is 2.67. The van der Waals surface area contributed by atoms with Gasteiger partial charge in [0, 0.05) is 13.2 Å². The summed E-state index contributed by atoms with van der Waals surface area (Å²) in [5.41, 5.74) is 0. The number of rotatable bonds is 0. The fourth-order valence-electron chi connectivity index (χ4n) is 0.707. The van der Waals surface area contributed by atoms with Crippen molar-refractivity contribution >= 4 is 0 Å². The van der Waals surface area contributed by atoms with Gasteiger partial charge in [0.1, 0.15) is 0 Å². The molecule has 0 radical (unpaired) electrons. The Kier molecular flexibility index (Phi) is 3.16. The lowest BCUT2D eigenvalue weighted by molar-refractivity contribution is -0.0376. The minimum Gasteiger partial charge on any atom is -0.378 e. The maximum atomic E-state index is 4.93. The molecule has 2 unspecified atom stereocenters. The van der Waals surface area contributed by atoms with E-state index in [1.54, 1.807) is 0 Å². The van der Waals surface area contributed by atoms with Crippen LogP contribution in [0.4, 0.5) is 0 Å². The molecule has 60 valence electrons. The fourth-order valence-corrected chi connectivity index (χ4v) is 0.707. The zero-order valence-electron chi connectivity index (χ0n) is 6.80. The van der Waals surface area contributed by atoms with Crippen LogP contribution in [0.25, 0.3) is 0 Å². The first kappa shape index (κ1) is 8.02. The average Bonchev–Trinajstić information content (AvgIpc) is 1.80. The topological polar surface area (TPSA) is 18.5 Å². The highest BCUT2D eigenvalue weighted by Crippen LogP contribution is 2.07. The summed E-state index contributed by atoms with van der Waals surface area (Å²) in [4.78, 5) is 0. The van der Waals surface area contributed by atoms with Gasteiger partial charge < -0.3 is 9.47 Å². The van der Waals surface area contributed by atoms with Crippen LogP contribution in [0, 0.1) is 0 Å². The lowest BCUT2D eigenvalue weighted by Gasteiger charge is -2.20. The Morgan fingerprint density at radius 3 is 1.10 bits per heavy atom. The molecule has 2 nitrogen and oxygen atoms in total. The Morgan fingerprint density at radius 2 is 1.10 bits per heavy atom. The van der Waals surface area contributed by atoms with E-state index in [2.05, 4.69) is 13.8 Å². The molecule has 0 saturated carbocycles. The van der Waals surface area contributed by atoms with Crippen LogP contribution in [-0.2, 0) is 9.47 Å². The number of ether oxygens (including phenoxy) is 2. The van der Waals surface area contributed by atoms with Crippen molar-refractivity contribution in [3.63, 3.8) is 0 Å². The van der Waals surface area contributed by atoms with Gasteiger partial charge in [-0.25, -0.2) is 0 Å². The molecule has 10 heavy (non-hydrogen) atoms. The highest BCUT2D eigenvalue weighted by molar-refractivity contribution is 4.57. The summed E-state index contributed by atoms with van der Waals surface area (Å²) in [5, 5.41) is 0. The van der Waals surface area contributed by atoms with E-state index < -0.39 is 0 Å². The molecule has 2 heteroatoms. The summed E-state index contributed by atoms with van der Waals surface area (Å²) in [5.74, 6) is 0. The Hall–Kier alpha value is -0.0800. The van der Waals surface area contributed by atoms with Gasteiger partial charge in [-0.15, -0.1) is 0 Å². The van der Waals surface area contributed by atoms with Crippen LogP contribution in [0.15, 0.2) is 0 Å². The SMILES string of the molecule is CC1CCO1.CC1CCO1. The van der Waals surface area contributed by atoms with Gasteiger partial charge in [-0.05, 0) is 26.7 Å². The zero-order chi connectivity index (χ0) is 7.40. The van der Waals surface area contributed by atoms with Gasteiger partial charge in [0.05, 0.1) is 12.2 Å². The van der Waals surface area contributed by atoms with Gasteiger partial charge in [-0.3, -0.25) is 0 Å². The van der Waals surface area contributed by atoms with Gasteiger partial charge in [0.2, 0.25) is 0 Å². The van der Waals surface area contributed by atoms with Crippen LogP contribution in [0.2, 0.25) is 0 Å². The zero-order valence-corrected chi connectivity index (χ0v) is 6.80. The molecule has 0 amide bonds. The van der Waals surface area contributed by atoms with Crippen molar-refractivity contribution in [3.05, 3.63) is 0 Å². The molecule has 2 atom stereocenters. The van der Waals surface area contributed by atoms with Crippen LogP contribution in [0.1, 0.15) is 26.7 Å². The molecule has 2 heterocycles. The number of hydrogen-bond acceptors (Lipinski definition) is 2. The van der Waals surface area contributed by atoms with Gasteiger partial charge in [0.15, 0.2) is 0 Å². The van der Waals surface area contributed by atoms with E-state index in [1.807, 2.05) is 0 Å². The quantitative estimate of drug-likeness (QED) is 0.514. The molecule has 0 aromatic rings. The summed E-state index contributed by atoms with van der Waals surface area (Å²) in [6.45, 7) is 6.15. The third-order valence-corrected chi connectivity index (χ3v) is 1.85. The maximum absolute atomic E-state index is 4.93. The predicted molar refractivity (Wildman–Crippen MR) is 40.1 cm³/mol. The second kappa shape index (κ2) is 3.94. The monoisotopic (exact) mass is 144 g/mol. The van der Waals surface area contributed by atoms with Gasteiger partial charge >= 0.3 is 0 Å². The second-order valence-electron chi connectivity index (χ2n) is 2.94. The Balaban J connectivity index is 0.0000001000. The number of hydrogen-bond donors (Lipinski definition) is 0. The minimum atomic E-state index is 0.565. The van der Waals surface area contributed by atoms with Crippen LogP contribution >= 0.6 is 0 Å². The minimum absolute atomic E-state index is 0.565. The predicted octanol–water partition coefficient (Wildman–Crippen LogP) is 1.59. The maximum Gasteiger partial charge on any atom is 0.0568 e. The van der Waals surface area contributed by atoms with Crippen molar-refractivity contribution in [2.24, 2.45) is 0 Å². The van der Waals surface area contributed by atoms with Gasteiger partial charge in [-0.2, -0.15) is 0 Å². The van der Waals surface area contributed by atoms with E-state index in [9.17, 15) is 0 Å². The molecule has 0 aromatic carbocycles. The molecule has 0 N–H and O–H groups in total. The smallest absolute Gasteiger partial charge is 0.0568 e. The lowest BCUT2D eigenvalue weighted by Crippen LogP contribution is -2.22. The van der Waals surface area contributed by atoms with E-state index >= 15 is 0 Å². The molecular weight excluding hydrogens is 128 g/mol. The molecule has 2 rings (SSSR count). The van der Waals surface area contributed by atoms with Crippen LogP contribution < -0.4 is 0 Å². The van der Waals surface area contributed by atoms with E-state index in [0.717, 1.165) is 13.2 Å². The molecule has 2 aliphatic heterocycles. The van der Waals surface area contributed by atoms with Crippen molar-refractivity contribution in [2.75, 3.05) is 13.2 Å². The first-order valence-corrected chi connectivity index (χ1v) is 4.02. The van der Waals surface area contributed by atoms with Crippen molar-refractivity contribution in [1.82, 2.24) is 0 Å².